The van der Waals surface area contributed by atoms with Gasteiger partial charge in [-0.2, -0.15) is 0 Å². The molecule has 0 heterocycles. The highest BCUT2D eigenvalue weighted by Gasteiger charge is 2.20. The number of benzene rings is 2. The minimum absolute atomic E-state index is 0.127. The van der Waals surface area contributed by atoms with E-state index in [-0.39, 0.29) is 29.2 Å². The highest BCUT2D eigenvalue weighted by molar-refractivity contribution is 6.09. The Morgan fingerprint density at radius 3 is 2.43 bits per heavy atom. The summed E-state index contributed by atoms with van der Waals surface area (Å²) >= 11 is 0. The molecule has 0 unspecified atom stereocenters. The number of esters is 1. The van der Waals surface area contributed by atoms with E-state index in [0.717, 1.165) is 5.56 Å². The standard InChI is InChI=1S/C18H19NO4/c1-3-22-18(21)15-9-14(10-16(19)17(15)12(2)20)23-11-13-7-5-4-6-8-13/h4-10H,3,11,19H2,1-2H3. The van der Waals surface area contributed by atoms with Gasteiger partial charge in [0, 0.05) is 11.8 Å². The Balaban J connectivity index is 2.31. The fraction of sp³-hybridized carbons (Fsp3) is 0.222. The molecule has 120 valence electrons. The molecule has 2 aromatic carbocycles. The summed E-state index contributed by atoms with van der Waals surface area (Å²) in [6, 6.07) is 12.6. The van der Waals surface area contributed by atoms with E-state index in [1.54, 1.807) is 13.0 Å². The van der Waals surface area contributed by atoms with Gasteiger partial charge in [0.05, 0.1) is 17.7 Å². The third-order valence-electron chi connectivity index (χ3n) is 3.24. The first-order valence-corrected chi connectivity index (χ1v) is 7.31. The second-order valence-electron chi connectivity index (χ2n) is 4.99. The van der Waals surface area contributed by atoms with Gasteiger partial charge in [0.25, 0.3) is 0 Å². The molecule has 0 spiro atoms. The fourth-order valence-electron chi connectivity index (χ4n) is 2.22. The molecule has 0 aromatic heterocycles. The zero-order valence-electron chi connectivity index (χ0n) is 13.2. The van der Waals surface area contributed by atoms with Crippen molar-refractivity contribution in [1.29, 1.82) is 0 Å². The number of nitrogen functional groups attached to an aromatic ring is 1. The lowest BCUT2D eigenvalue weighted by Gasteiger charge is -2.13. The Kier molecular flexibility index (Phi) is 5.36. The van der Waals surface area contributed by atoms with Crippen molar-refractivity contribution in [3.63, 3.8) is 0 Å². The van der Waals surface area contributed by atoms with Crippen LogP contribution in [0.4, 0.5) is 5.69 Å². The summed E-state index contributed by atoms with van der Waals surface area (Å²) in [4.78, 5) is 23.8. The van der Waals surface area contributed by atoms with Gasteiger partial charge < -0.3 is 15.2 Å². The molecule has 5 heteroatoms. The lowest BCUT2D eigenvalue weighted by atomic mass is 10.0. The second kappa shape index (κ2) is 7.45. The molecule has 0 atom stereocenters. The number of Topliss-reactive ketones (excluding diaryl/α,β-unsaturated/α-hetero) is 1. The number of carbonyl (C=O) groups excluding carboxylic acids is 2. The number of rotatable bonds is 6. The predicted molar refractivity (Wildman–Crippen MR) is 87.6 cm³/mol. The van der Waals surface area contributed by atoms with Crippen molar-refractivity contribution in [1.82, 2.24) is 0 Å². The van der Waals surface area contributed by atoms with Crippen molar-refractivity contribution in [3.05, 3.63) is 59.2 Å². The van der Waals surface area contributed by atoms with E-state index in [4.69, 9.17) is 15.2 Å². The molecule has 0 amide bonds. The summed E-state index contributed by atoms with van der Waals surface area (Å²) in [6.07, 6.45) is 0. The zero-order valence-corrected chi connectivity index (χ0v) is 13.2. The van der Waals surface area contributed by atoms with Crippen molar-refractivity contribution in [2.24, 2.45) is 0 Å². The van der Waals surface area contributed by atoms with Gasteiger partial charge in [0.1, 0.15) is 12.4 Å². The zero-order chi connectivity index (χ0) is 16.8. The molecule has 23 heavy (non-hydrogen) atoms. The second-order valence-corrected chi connectivity index (χ2v) is 4.99. The van der Waals surface area contributed by atoms with E-state index in [0.29, 0.717) is 12.4 Å². The van der Waals surface area contributed by atoms with Gasteiger partial charge in [-0.15, -0.1) is 0 Å². The Morgan fingerprint density at radius 1 is 1.13 bits per heavy atom. The van der Waals surface area contributed by atoms with Gasteiger partial charge in [0.15, 0.2) is 5.78 Å². The first-order valence-electron chi connectivity index (χ1n) is 7.31. The van der Waals surface area contributed by atoms with Gasteiger partial charge in [0.2, 0.25) is 0 Å². The number of hydrogen-bond donors (Lipinski definition) is 1. The molecule has 0 aliphatic carbocycles. The van der Waals surface area contributed by atoms with E-state index >= 15 is 0 Å². The van der Waals surface area contributed by atoms with Crippen molar-refractivity contribution in [3.8, 4) is 5.75 Å². The molecule has 0 aliphatic heterocycles. The highest BCUT2D eigenvalue weighted by Crippen LogP contribution is 2.26. The lowest BCUT2D eigenvalue weighted by molar-refractivity contribution is 0.0522. The SMILES string of the molecule is CCOC(=O)c1cc(OCc2ccccc2)cc(N)c1C(C)=O. The first-order chi connectivity index (χ1) is 11.0. The molecule has 0 saturated heterocycles. The lowest BCUT2D eigenvalue weighted by Crippen LogP contribution is -2.13. The van der Waals surface area contributed by atoms with Gasteiger partial charge in [-0.05, 0) is 25.5 Å². The Bertz CT molecular complexity index is 710. The maximum atomic E-state index is 12.1. The Labute approximate surface area is 135 Å². The summed E-state index contributed by atoms with van der Waals surface area (Å²) in [5.74, 6) is -0.464. The van der Waals surface area contributed by atoms with E-state index in [1.807, 2.05) is 30.3 Å². The van der Waals surface area contributed by atoms with Crippen molar-refractivity contribution >= 4 is 17.4 Å². The molecule has 0 aliphatic rings. The van der Waals surface area contributed by atoms with Crippen LogP contribution in [-0.4, -0.2) is 18.4 Å². The molecule has 0 fully saturated rings. The molecule has 2 aromatic rings. The van der Waals surface area contributed by atoms with E-state index in [9.17, 15) is 9.59 Å². The summed E-state index contributed by atoms with van der Waals surface area (Å²) < 4.78 is 10.7. The summed E-state index contributed by atoms with van der Waals surface area (Å²) in [5.41, 5.74) is 7.39. The topological polar surface area (TPSA) is 78.6 Å². The largest absolute Gasteiger partial charge is 0.489 e. The van der Waals surface area contributed by atoms with Crippen molar-refractivity contribution in [2.45, 2.75) is 20.5 Å². The van der Waals surface area contributed by atoms with Crippen LogP contribution in [0, 0.1) is 0 Å². The number of carbonyl (C=O) groups is 2. The summed E-state index contributed by atoms with van der Waals surface area (Å²) in [5, 5.41) is 0. The third-order valence-corrected chi connectivity index (χ3v) is 3.24. The number of nitrogens with two attached hydrogens (primary N) is 1. The Morgan fingerprint density at radius 2 is 1.83 bits per heavy atom. The average molecular weight is 313 g/mol. The van der Waals surface area contributed by atoms with Gasteiger partial charge in [-0.1, -0.05) is 30.3 Å². The van der Waals surface area contributed by atoms with Crippen LogP contribution < -0.4 is 10.5 Å². The van der Waals surface area contributed by atoms with Crippen LogP contribution in [0.25, 0.3) is 0 Å². The molecular formula is C18H19NO4. The van der Waals surface area contributed by atoms with Gasteiger partial charge >= 0.3 is 5.97 Å². The van der Waals surface area contributed by atoms with Crippen LogP contribution in [0.3, 0.4) is 0 Å². The van der Waals surface area contributed by atoms with Crippen LogP contribution in [0.5, 0.6) is 5.75 Å². The monoisotopic (exact) mass is 313 g/mol. The first kappa shape index (κ1) is 16.5. The maximum Gasteiger partial charge on any atom is 0.339 e. The van der Waals surface area contributed by atoms with Gasteiger partial charge in [-0.25, -0.2) is 4.79 Å². The number of anilines is 1. The minimum atomic E-state index is -0.588. The maximum absolute atomic E-state index is 12.1. The van der Waals surface area contributed by atoms with Crippen LogP contribution in [0.15, 0.2) is 42.5 Å². The molecule has 2 N–H and O–H groups in total. The number of ketones is 1. The molecule has 0 radical (unpaired) electrons. The van der Waals surface area contributed by atoms with E-state index in [2.05, 4.69) is 0 Å². The average Bonchev–Trinajstić information content (AvgIpc) is 2.53. The summed E-state index contributed by atoms with van der Waals surface area (Å²) in [6.45, 7) is 3.61. The van der Waals surface area contributed by atoms with Gasteiger partial charge in [-0.3, -0.25) is 4.79 Å². The third kappa shape index (κ3) is 4.10. The van der Waals surface area contributed by atoms with Crippen LogP contribution in [-0.2, 0) is 11.3 Å². The smallest absolute Gasteiger partial charge is 0.339 e. The van der Waals surface area contributed by atoms with E-state index < -0.39 is 5.97 Å². The van der Waals surface area contributed by atoms with Crippen LogP contribution in [0.2, 0.25) is 0 Å². The molecule has 5 nitrogen and oxygen atoms in total. The summed E-state index contributed by atoms with van der Waals surface area (Å²) in [7, 11) is 0. The Hall–Kier alpha value is -2.82. The normalized spacial score (nSPS) is 10.2. The fourth-order valence-corrected chi connectivity index (χ4v) is 2.22. The van der Waals surface area contributed by atoms with Crippen LogP contribution in [0.1, 0.15) is 40.1 Å². The van der Waals surface area contributed by atoms with E-state index in [1.165, 1.54) is 13.0 Å². The number of hydrogen-bond acceptors (Lipinski definition) is 5. The molecule has 0 bridgehead atoms. The quantitative estimate of drug-likeness (QED) is 0.503. The molecule has 0 saturated carbocycles. The molecular weight excluding hydrogens is 294 g/mol. The predicted octanol–water partition coefficient (Wildman–Crippen LogP) is 3.23. The van der Waals surface area contributed by atoms with Crippen molar-refractivity contribution < 1.29 is 19.1 Å². The highest BCUT2D eigenvalue weighted by atomic mass is 16.5. The number of ether oxygens (including phenoxy) is 2. The van der Waals surface area contributed by atoms with Crippen molar-refractivity contribution in [2.75, 3.05) is 12.3 Å². The molecule has 2 rings (SSSR count). The van der Waals surface area contributed by atoms with Crippen LogP contribution >= 0.6 is 0 Å². The minimum Gasteiger partial charge on any atom is -0.489 e.